The van der Waals surface area contributed by atoms with E-state index in [0.717, 1.165) is 46.3 Å². The van der Waals surface area contributed by atoms with Gasteiger partial charge in [-0.25, -0.2) is 0 Å². The fourth-order valence-electron chi connectivity index (χ4n) is 3.00. The van der Waals surface area contributed by atoms with E-state index in [4.69, 9.17) is 10.5 Å². The summed E-state index contributed by atoms with van der Waals surface area (Å²) < 4.78 is 7.23. The minimum Gasteiger partial charge on any atom is -0.496 e. The van der Waals surface area contributed by atoms with E-state index in [1.807, 2.05) is 14.0 Å². The first kappa shape index (κ1) is 14.0. The Bertz CT molecular complexity index is 656. The molecule has 0 aliphatic heterocycles. The molecule has 1 aromatic heterocycles. The van der Waals surface area contributed by atoms with Crippen molar-refractivity contribution in [2.75, 3.05) is 12.8 Å². The van der Waals surface area contributed by atoms with E-state index in [1.165, 1.54) is 19.3 Å². The summed E-state index contributed by atoms with van der Waals surface area (Å²) in [6.45, 7) is 2.05. The molecule has 2 N–H and O–H groups in total. The van der Waals surface area contributed by atoms with Crippen molar-refractivity contribution in [2.24, 2.45) is 13.0 Å². The Hall–Kier alpha value is -1.97. The summed E-state index contributed by atoms with van der Waals surface area (Å²) in [6.07, 6.45) is 5.00. The van der Waals surface area contributed by atoms with Crippen molar-refractivity contribution < 1.29 is 4.74 Å². The molecule has 0 atom stereocenters. The number of hydrogen-bond donors (Lipinski definition) is 1. The Labute approximate surface area is 125 Å². The number of aromatic nitrogens is 2. The zero-order valence-electron chi connectivity index (χ0n) is 13.0. The zero-order chi connectivity index (χ0) is 15.0. The molecule has 0 unspecified atom stereocenters. The van der Waals surface area contributed by atoms with Crippen molar-refractivity contribution in [3.8, 4) is 16.9 Å². The van der Waals surface area contributed by atoms with Crippen molar-refractivity contribution in [1.29, 1.82) is 0 Å². The molecule has 1 saturated carbocycles. The Kier molecular flexibility index (Phi) is 3.62. The van der Waals surface area contributed by atoms with Gasteiger partial charge in [-0.3, -0.25) is 4.68 Å². The van der Waals surface area contributed by atoms with Crippen LogP contribution in [0.2, 0.25) is 0 Å². The molecule has 3 rings (SSSR count). The van der Waals surface area contributed by atoms with Gasteiger partial charge in [0.05, 0.1) is 12.8 Å². The van der Waals surface area contributed by atoms with Gasteiger partial charge in [0.1, 0.15) is 11.6 Å². The maximum atomic E-state index is 6.26. The number of nitrogen functional groups attached to an aromatic ring is 1. The second kappa shape index (κ2) is 5.43. The third kappa shape index (κ3) is 2.50. The van der Waals surface area contributed by atoms with E-state index >= 15 is 0 Å². The highest BCUT2D eigenvalue weighted by atomic mass is 16.5. The minimum absolute atomic E-state index is 0.732. The van der Waals surface area contributed by atoms with Crippen LogP contribution in [0.15, 0.2) is 18.2 Å². The van der Waals surface area contributed by atoms with Crippen LogP contribution in [0.25, 0.3) is 11.1 Å². The largest absolute Gasteiger partial charge is 0.496 e. The second-order valence-corrected chi connectivity index (χ2v) is 6.02. The number of aryl methyl sites for hydroxylation is 2. The van der Waals surface area contributed by atoms with E-state index < -0.39 is 0 Å². The smallest absolute Gasteiger partial charge is 0.129 e. The highest BCUT2D eigenvalue weighted by Crippen LogP contribution is 2.37. The molecule has 1 heterocycles. The van der Waals surface area contributed by atoms with E-state index in [2.05, 4.69) is 23.3 Å². The molecule has 4 heteroatoms. The Morgan fingerprint density at radius 1 is 1.38 bits per heavy atom. The van der Waals surface area contributed by atoms with Gasteiger partial charge < -0.3 is 10.5 Å². The number of anilines is 1. The predicted molar refractivity (Wildman–Crippen MR) is 85.4 cm³/mol. The first-order chi connectivity index (χ1) is 10.1. The van der Waals surface area contributed by atoms with Gasteiger partial charge in [0.2, 0.25) is 0 Å². The number of rotatable bonds is 4. The van der Waals surface area contributed by atoms with Gasteiger partial charge in [-0.1, -0.05) is 31.4 Å². The Morgan fingerprint density at radius 3 is 2.76 bits per heavy atom. The average Bonchev–Trinajstić information content (AvgIpc) is 2.70. The zero-order valence-corrected chi connectivity index (χ0v) is 13.0. The van der Waals surface area contributed by atoms with E-state index in [9.17, 15) is 0 Å². The SMILES string of the molecule is COc1cc(-c2c(CC3CCC3)nn(C)c2N)ccc1C. The predicted octanol–water partition coefficient (Wildman–Crippen LogP) is 3.33. The molecule has 1 aliphatic rings. The number of nitrogens with zero attached hydrogens (tertiary/aromatic N) is 2. The molecule has 4 nitrogen and oxygen atoms in total. The lowest BCUT2D eigenvalue weighted by Crippen LogP contribution is -2.14. The molecule has 0 bridgehead atoms. The van der Waals surface area contributed by atoms with Gasteiger partial charge in [0, 0.05) is 12.6 Å². The third-order valence-corrected chi connectivity index (χ3v) is 4.57. The van der Waals surface area contributed by atoms with Gasteiger partial charge in [0.15, 0.2) is 0 Å². The molecule has 0 saturated heterocycles. The summed E-state index contributed by atoms with van der Waals surface area (Å²) in [5.74, 6) is 2.39. The minimum atomic E-state index is 0.732. The van der Waals surface area contributed by atoms with E-state index in [-0.39, 0.29) is 0 Å². The normalized spacial score (nSPS) is 15.0. The standard InChI is InChI=1S/C17H23N3O/c1-11-7-8-13(10-15(11)21-3)16-14(9-12-5-4-6-12)19-20(2)17(16)18/h7-8,10,12H,4-6,9,18H2,1-3H3. The molecule has 0 amide bonds. The first-order valence-corrected chi connectivity index (χ1v) is 7.56. The maximum Gasteiger partial charge on any atom is 0.129 e. The van der Waals surface area contributed by atoms with Gasteiger partial charge in [0.25, 0.3) is 0 Å². The van der Waals surface area contributed by atoms with Gasteiger partial charge in [-0.15, -0.1) is 0 Å². The molecule has 2 aromatic rings. The number of hydrogen-bond acceptors (Lipinski definition) is 3. The topological polar surface area (TPSA) is 53.1 Å². The van der Waals surface area contributed by atoms with E-state index in [1.54, 1.807) is 11.8 Å². The van der Waals surface area contributed by atoms with Crippen LogP contribution in [0, 0.1) is 12.8 Å². The second-order valence-electron chi connectivity index (χ2n) is 6.02. The third-order valence-electron chi connectivity index (χ3n) is 4.57. The number of nitrogens with two attached hydrogens (primary N) is 1. The first-order valence-electron chi connectivity index (χ1n) is 7.56. The molecule has 21 heavy (non-hydrogen) atoms. The van der Waals surface area contributed by atoms with Crippen molar-refractivity contribution >= 4 is 5.82 Å². The summed E-state index contributed by atoms with van der Waals surface area (Å²) in [6, 6.07) is 6.25. The lowest BCUT2D eigenvalue weighted by atomic mass is 9.81. The van der Waals surface area contributed by atoms with Crippen LogP contribution in [0.3, 0.4) is 0 Å². The fourth-order valence-corrected chi connectivity index (χ4v) is 3.00. The Balaban J connectivity index is 2.03. The summed E-state index contributed by atoms with van der Waals surface area (Å²) in [5.41, 5.74) is 10.7. The quantitative estimate of drug-likeness (QED) is 0.937. The molecule has 112 valence electrons. The number of ether oxygens (including phenoxy) is 1. The van der Waals surface area contributed by atoms with Crippen LogP contribution in [0.5, 0.6) is 5.75 Å². The van der Waals surface area contributed by atoms with Crippen molar-refractivity contribution in [1.82, 2.24) is 9.78 Å². The van der Waals surface area contributed by atoms with Crippen LogP contribution >= 0.6 is 0 Å². The van der Waals surface area contributed by atoms with Crippen LogP contribution in [0.1, 0.15) is 30.5 Å². The lowest BCUT2D eigenvalue weighted by molar-refractivity contribution is 0.311. The van der Waals surface area contributed by atoms with Crippen molar-refractivity contribution in [3.05, 3.63) is 29.5 Å². The molecular formula is C17H23N3O. The molecule has 1 aliphatic carbocycles. The van der Waals surface area contributed by atoms with Crippen LogP contribution < -0.4 is 10.5 Å². The highest BCUT2D eigenvalue weighted by Gasteiger charge is 2.23. The highest BCUT2D eigenvalue weighted by molar-refractivity contribution is 5.78. The van der Waals surface area contributed by atoms with E-state index in [0.29, 0.717) is 0 Å². The summed E-state index contributed by atoms with van der Waals surface area (Å²) in [5, 5.41) is 4.64. The van der Waals surface area contributed by atoms with Gasteiger partial charge >= 0.3 is 0 Å². The van der Waals surface area contributed by atoms with Crippen LogP contribution in [0.4, 0.5) is 5.82 Å². The average molecular weight is 285 g/mol. The molecule has 1 aromatic carbocycles. The van der Waals surface area contributed by atoms with Crippen LogP contribution in [-0.2, 0) is 13.5 Å². The monoisotopic (exact) mass is 285 g/mol. The maximum absolute atomic E-state index is 6.26. The Morgan fingerprint density at radius 2 is 2.14 bits per heavy atom. The summed E-state index contributed by atoms with van der Waals surface area (Å²) in [4.78, 5) is 0. The van der Waals surface area contributed by atoms with Gasteiger partial charge in [-0.2, -0.15) is 5.10 Å². The van der Waals surface area contributed by atoms with Crippen molar-refractivity contribution in [2.45, 2.75) is 32.6 Å². The summed E-state index contributed by atoms with van der Waals surface area (Å²) in [7, 11) is 3.61. The molecule has 0 spiro atoms. The summed E-state index contributed by atoms with van der Waals surface area (Å²) >= 11 is 0. The lowest BCUT2D eigenvalue weighted by Gasteiger charge is -2.24. The molecular weight excluding hydrogens is 262 g/mol. The van der Waals surface area contributed by atoms with Gasteiger partial charge in [-0.05, 0) is 36.5 Å². The number of benzene rings is 1. The fraction of sp³-hybridized carbons (Fsp3) is 0.471. The van der Waals surface area contributed by atoms with Crippen LogP contribution in [-0.4, -0.2) is 16.9 Å². The van der Waals surface area contributed by atoms with Crippen molar-refractivity contribution in [3.63, 3.8) is 0 Å². The number of methoxy groups -OCH3 is 1. The molecule has 1 fully saturated rings. The molecule has 0 radical (unpaired) electrons.